The molecule has 0 aliphatic carbocycles. The molecule has 9 heteroatoms. The number of aromatic hydroxyl groups is 1. The molecular weight excluding hydrogens is 404 g/mol. The average Bonchev–Trinajstić information content (AvgIpc) is 2.80. The minimum Gasteiger partial charge on any atom is -0.503 e. The normalized spacial score (nSPS) is 21.7. The van der Waals surface area contributed by atoms with Crippen molar-refractivity contribution < 1.29 is 33.7 Å². The number of nitrogens with one attached hydrogen (secondary N) is 1. The summed E-state index contributed by atoms with van der Waals surface area (Å²) < 4.78 is 15.7. The SMILES string of the molecule is COc1ccnc(C(=O)N[C@H]2COC(=O)[C@@H](Cc3ccccc3)C[C@H](C)OC2=O)c1O. The lowest BCUT2D eigenvalue weighted by molar-refractivity contribution is -0.152. The Kier molecular flexibility index (Phi) is 7.07. The molecule has 0 bridgehead atoms. The molecule has 31 heavy (non-hydrogen) atoms. The van der Waals surface area contributed by atoms with Gasteiger partial charge in [0.25, 0.3) is 5.91 Å². The average molecular weight is 428 g/mol. The topological polar surface area (TPSA) is 124 Å². The van der Waals surface area contributed by atoms with Crippen molar-refractivity contribution in [3.63, 3.8) is 0 Å². The number of hydrogen-bond acceptors (Lipinski definition) is 8. The van der Waals surface area contributed by atoms with E-state index in [1.54, 1.807) is 6.92 Å². The molecule has 164 valence electrons. The van der Waals surface area contributed by atoms with Gasteiger partial charge >= 0.3 is 11.9 Å². The zero-order chi connectivity index (χ0) is 22.4. The largest absolute Gasteiger partial charge is 0.503 e. The van der Waals surface area contributed by atoms with Crippen molar-refractivity contribution >= 4 is 17.8 Å². The van der Waals surface area contributed by atoms with Gasteiger partial charge in [0.05, 0.1) is 19.1 Å². The zero-order valence-corrected chi connectivity index (χ0v) is 17.2. The number of hydrogen-bond donors (Lipinski definition) is 2. The van der Waals surface area contributed by atoms with Crippen molar-refractivity contribution in [1.29, 1.82) is 0 Å². The number of methoxy groups -OCH3 is 1. The van der Waals surface area contributed by atoms with Crippen LogP contribution in [0.3, 0.4) is 0 Å². The summed E-state index contributed by atoms with van der Waals surface area (Å²) in [6, 6.07) is 9.61. The van der Waals surface area contributed by atoms with E-state index in [0.29, 0.717) is 12.8 Å². The second-order valence-electron chi connectivity index (χ2n) is 7.24. The summed E-state index contributed by atoms with van der Waals surface area (Å²) in [6.07, 6.45) is 1.46. The molecule has 2 N–H and O–H groups in total. The van der Waals surface area contributed by atoms with Gasteiger partial charge in [-0.3, -0.25) is 9.59 Å². The van der Waals surface area contributed by atoms with Crippen LogP contribution in [0.15, 0.2) is 42.6 Å². The number of nitrogens with zero attached hydrogens (tertiary/aromatic N) is 1. The fourth-order valence-electron chi connectivity index (χ4n) is 3.34. The third kappa shape index (κ3) is 5.50. The second kappa shape index (κ2) is 9.92. The summed E-state index contributed by atoms with van der Waals surface area (Å²) in [5.41, 5.74) is 0.639. The van der Waals surface area contributed by atoms with Crippen molar-refractivity contribution in [3.05, 3.63) is 53.9 Å². The van der Waals surface area contributed by atoms with E-state index in [1.807, 2.05) is 30.3 Å². The molecule has 0 radical (unpaired) electrons. The number of benzene rings is 1. The summed E-state index contributed by atoms with van der Waals surface area (Å²) in [7, 11) is 1.33. The first kappa shape index (κ1) is 22.1. The van der Waals surface area contributed by atoms with Gasteiger partial charge in [-0.1, -0.05) is 30.3 Å². The molecule has 9 nitrogen and oxygen atoms in total. The maximum absolute atomic E-state index is 12.6. The highest BCUT2D eigenvalue weighted by Gasteiger charge is 2.33. The molecule has 0 spiro atoms. The molecule has 1 aromatic carbocycles. The first-order chi connectivity index (χ1) is 14.9. The molecule has 1 aromatic heterocycles. The maximum Gasteiger partial charge on any atom is 0.332 e. The molecule has 3 atom stereocenters. The van der Waals surface area contributed by atoms with Crippen molar-refractivity contribution in [3.8, 4) is 11.5 Å². The van der Waals surface area contributed by atoms with Crippen LogP contribution in [0.1, 0.15) is 29.4 Å². The minimum absolute atomic E-state index is 0.0565. The molecule has 1 aliphatic heterocycles. The number of carbonyl (C=O) groups is 3. The van der Waals surface area contributed by atoms with E-state index in [9.17, 15) is 19.5 Å². The molecule has 1 saturated heterocycles. The molecule has 1 aliphatic rings. The Morgan fingerprint density at radius 1 is 1.23 bits per heavy atom. The van der Waals surface area contributed by atoms with Crippen LogP contribution in [-0.2, 0) is 25.5 Å². The molecular formula is C22H24N2O7. The summed E-state index contributed by atoms with van der Waals surface area (Å²) in [5.74, 6) is -2.95. The molecule has 0 saturated carbocycles. The summed E-state index contributed by atoms with van der Waals surface area (Å²) in [5, 5.41) is 12.5. The van der Waals surface area contributed by atoms with E-state index < -0.39 is 48.3 Å². The lowest BCUT2D eigenvalue weighted by Crippen LogP contribution is -2.46. The quantitative estimate of drug-likeness (QED) is 0.689. The zero-order valence-electron chi connectivity index (χ0n) is 17.2. The van der Waals surface area contributed by atoms with Crippen molar-refractivity contribution in [2.45, 2.75) is 31.9 Å². The third-order valence-electron chi connectivity index (χ3n) is 4.90. The fraction of sp³-hybridized carbons (Fsp3) is 0.364. The van der Waals surface area contributed by atoms with Crippen molar-refractivity contribution in [1.82, 2.24) is 10.3 Å². The molecule has 3 rings (SSSR count). The van der Waals surface area contributed by atoms with Gasteiger partial charge in [0, 0.05) is 12.3 Å². The number of esters is 2. The van der Waals surface area contributed by atoms with E-state index >= 15 is 0 Å². The van der Waals surface area contributed by atoms with Crippen LogP contribution in [0.25, 0.3) is 0 Å². The Balaban J connectivity index is 1.73. The number of ether oxygens (including phenoxy) is 3. The first-order valence-electron chi connectivity index (χ1n) is 9.83. The highest BCUT2D eigenvalue weighted by atomic mass is 16.6. The van der Waals surface area contributed by atoms with Crippen molar-refractivity contribution in [2.24, 2.45) is 5.92 Å². The summed E-state index contributed by atoms with van der Waals surface area (Å²) in [4.78, 5) is 41.6. The number of carbonyl (C=O) groups excluding carboxylic acids is 3. The van der Waals surface area contributed by atoms with Crippen LogP contribution in [0, 0.1) is 5.92 Å². The molecule has 2 aromatic rings. The van der Waals surface area contributed by atoms with E-state index in [-0.39, 0.29) is 11.4 Å². The van der Waals surface area contributed by atoms with Crippen LogP contribution in [-0.4, -0.2) is 53.8 Å². The van der Waals surface area contributed by atoms with Crippen LogP contribution >= 0.6 is 0 Å². The van der Waals surface area contributed by atoms with Crippen molar-refractivity contribution in [2.75, 3.05) is 13.7 Å². The van der Waals surface area contributed by atoms with Gasteiger partial charge in [0.1, 0.15) is 6.61 Å². The van der Waals surface area contributed by atoms with Crippen LogP contribution in [0.4, 0.5) is 0 Å². The van der Waals surface area contributed by atoms with Gasteiger partial charge in [0.2, 0.25) is 0 Å². The Morgan fingerprint density at radius 3 is 2.68 bits per heavy atom. The minimum atomic E-state index is -1.25. The van der Waals surface area contributed by atoms with E-state index in [1.165, 1.54) is 19.4 Å². The number of amides is 1. The third-order valence-corrected chi connectivity index (χ3v) is 4.90. The molecule has 2 heterocycles. The monoisotopic (exact) mass is 428 g/mol. The molecule has 0 unspecified atom stereocenters. The Labute approximate surface area is 179 Å². The standard InChI is InChI=1S/C22H24N2O7/c1-13-10-15(11-14-6-4-3-5-7-14)21(27)30-12-16(22(28)31-13)24-20(26)18-19(25)17(29-2)8-9-23-18/h3-9,13,15-16,25H,10-12H2,1-2H3,(H,24,26)/t13-,15+,16-/m0/s1. The first-order valence-corrected chi connectivity index (χ1v) is 9.83. The number of cyclic esters (lactones) is 2. The number of aromatic nitrogens is 1. The molecule has 1 fully saturated rings. The van der Waals surface area contributed by atoms with Gasteiger partial charge in [-0.2, -0.15) is 0 Å². The van der Waals surface area contributed by atoms with Crippen LogP contribution in [0.2, 0.25) is 0 Å². The fourth-order valence-corrected chi connectivity index (χ4v) is 3.34. The maximum atomic E-state index is 12.6. The summed E-state index contributed by atoms with van der Waals surface area (Å²) >= 11 is 0. The van der Waals surface area contributed by atoms with Gasteiger partial charge in [-0.15, -0.1) is 0 Å². The van der Waals surface area contributed by atoms with Gasteiger partial charge in [0.15, 0.2) is 23.2 Å². The Hall–Kier alpha value is -3.62. The second-order valence-corrected chi connectivity index (χ2v) is 7.24. The Bertz CT molecular complexity index is 948. The van der Waals surface area contributed by atoms with Gasteiger partial charge in [-0.05, 0) is 25.3 Å². The number of rotatable bonds is 5. The summed E-state index contributed by atoms with van der Waals surface area (Å²) in [6.45, 7) is 1.29. The smallest absolute Gasteiger partial charge is 0.332 e. The van der Waals surface area contributed by atoms with Gasteiger partial charge in [-0.25, -0.2) is 9.78 Å². The highest BCUT2D eigenvalue weighted by molar-refractivity contribution is 5.98. The van der Waals surface area contributed by atoms with Gasteiger partial charge < -0.3 is 24.6 Å². The Morgan fingerprint density at radius 2 is 1.97 bits per heavy atom. The van der Waals surface area contributed by atoms with E-state index in [0.717, 1.165) is 5.56 Å². The predicted molar refractivity (Wildman–Crippen MR) is 108 cm³/mol. The lowest BCUT2D eigenvalue weighted by Gasteiger charge is -2.18. The number of pyridine rings is 1. The predicted octanol–water partition coefficient (Wildman–Crippen LogP) is 1.63. The molecule has 1 amide bonds. The highest BCUT2D eigenvalue weighted by Crippen LogP contribution is 2.27. The van der Waals surface area contributed by atoms with E-state index in [2.05, 4.69) is 10.3 Å². The van der Waals surface area contributed by atoms with Crippen LogP contribution < -0.4 is 10.1 Å². The van der Waals surface area contributed by atoms with Crippen LogP contribution in [0.5, 0.6) is 11.5 Å². The van der Waals surface area contributed by atoms with E-state index in [4.69, 9.17) is 14.2 Å². The lowest BCUT2D eigenvalue weighted by atomic mass is 9.94.